The minimum atomic E-state index is 0.153. The third-order valence-electron chi connectivity index (χ3n) is 5.98. The Morgan fingerprint density at radius 2 is 1.97 bits per heavy atom. The molecule has 0 saturated carbocycles. The summed E-state index contributed by atoms with van der Waals surface area (Å²) >= 11 is 3.38. The maximum atomic E-state index is 13.4. The van der Waals surface area contributed by atoms with E-state index in [1.807, 2.05) is 41.8 Å². The molecule has 0 N–H and O–H groups in total. The van der Waals surface area contributed by atoms with Gasteiger partial charge in [-0.05, 0) is 62.8 Å². The molecule has 1 aliphatic heterocycles. The molecule has 0 atom stereocenters. The summed E-state index contributed by atoms with van der Waals surface area (Å²) in [6, 6.07) is 14.5. The minimum absolute atomic E-state index is 0.153. The van der Waals surface area contributed by atoms with Crippen molar-refractivity contribution in [1.29, 1.82) is 0 Å². The SMILES string of the molecule is CCOc1ccc2nc(N(CCCN3CCOCC3)C(=O)CCCSc3ccc(C)cc3)sc2c1. The number of thioether (sulfide) groups is 1. The van der Waals surface area contributed by atoms with Crippen molar-refractivity contribution in [2.45, 2.75) is 38.0 Å². The van der Waals surface area contributed by atoms with E-state index >= 15 is 0 Å². The van der Waals surface area contributed by atoms with Gasteiger partial charge in [0.1, 0.15) is 5.75 Å². The number of amides is 1. The third kappa shape index (κ3) is 7.67. The van der Waals surface area contributed by atoms with Crippen molar-refractivity contribution in [1.82, 2.24) is 9.88 Å². The van der Waals surface area contributed by atoms with E-state index in [1.165, 1.54) is 10.5 Å². The van der Waals surface area contributed by atoms with E-state index in [0.717, 1.165) is 72.5 Å². The van der Waals surface area contributed by atoms with Gasteiger partial charge in [-0.15, -0.1) is 11.8 Å². The summed E-state index contributed by atoms with van der Waals surface area (Å²) in [5.41, 5.74) is 2.18. The number of anilines is 1. The topological polar surface area (TPSA) is 54.9 Å². The van der Waals surface area contributed by atoms with Crippen LogP contribution in [0.25, 0.3) is 10.2 Å². The molecule has 0 radical (unpaired) electrons. The fourth-order valence-electron chi connectivity index (χ4n) is 4.05. The highest BCUT2D eigenvalue weighted by Crippen LogP contribution is 2.32. The van der Waals surface area contributed by atoms with Crippen LogP contribution < -0.4 is 9.64 Å². The summed E-state index contributed by atoms with van der Waals surface area (Å²) in [6.07, 6.45) is 2.29. The smallest absolute Gasteiger partial charge is 0.228 e. The van der Waals surface area contributed by atoms with Crippen molar-refractivity contribution in [2.24, 2.45) is 0 Å². The van der Waals surface area contributed by atoms with E-state index < -0.39 is 0 Å². The zero-order chi connectivity index (χ0) is 24.5. The van der Waals surface area contributed by atoms with Gasteiger partial charge in [-0.25, -0.2) is 4.98 Å². The normalized spacial score (nSPS) is 14.3. The Labute approximate surface area is 216 Å². The van der Waals surface area contributed by atoms with Crippen molar-refractivity contribution in [3.05, 3.63) is 48.0 Å². The lowest BCUT2D eigenvalue weighted by atomic mass is 10.2. The van der Waals surface area contributed by atoms with Crippen LogP contribution in [0.15, 0.2) is 47.4 Å². The first kappa shape index (κ1) is 25.9. The molecule has 1 saturated heterocycles. The van der Waals surface area contributed by atoms with E-state index in [-0.39, 0.29) is 5.91 Å². The molecular weight excluding hydrogens is 478 g/mol. The number of hydrogen-bond acceptors (Lipinski definition) is 7. The fraction of sp³-hybridized carbons (Fsp3) is 0.481. The second-order valence-electron chi connectivity index (χ2n) is 8.68. The van der Waals surface area contributed by atoms with Crippen molar-refractivity contribution < 1.29 is 14.3 Å². The second kappa shape index (κ2) is 13.3. The van der Waals surface area contributed by atoms with Gasteiger partial charge in [0.05, 0.1) is 30.0 Å². The number of hydrogen-bond donors (Lipinski definition) is 0. The zero-order valence-electron chi connectivity index (χ0n) is 20.7. The maximum absolute atomic E-state index is 13.4. The molecule has 1 aromatic heterocycles. The molecule has 8 heteroatoms. The largest absolute Gasteiger partial charge is 0.494 e. The molecule has 3 aromatic rings. The number of benzene rings is 2. The van der Waals surface area contributed by atoms with Gasteiger partial charge >= 0.3 is 0 Å². The van der Waals surface area contributed by atoms with Gasteiger partial charge in [-0.3, -0.25) is 14.6 Å². The van der Waals surface area contributed by atoms with Crippen LogP contribution in [0, 0.1) is 6.92 Å². The maximum Gasteiger partial charge on any atom is 0.228 e. The highest BCUT2D eigenvalue weighted by molar-refractivity contribution is 7.99. The van der Waals surface area contributed by atoms with E-state index in [2.05, 4.69) is 36.1 Å². The van der Waals surface area contributed by atoms with Crippen LogP contribution in [0.3, 0.4) is 0 Å². The summed E-state index contributed by atoms with van der Waals surface area (Å²) in [6.45, 7) is 9.87. The van der Waals surface area contributed by atoms with Gasteiger partial charge in [-0.2, -0.15) is 0 Å². The number of ether oxygens (including phenoxy) is 2. The van der Waals surface area contributed by atoms with Gasteiger partial charge in [0, 0.05) is 37.5 Å². The number of rotatable bonds is 12. The van der Waals surface area contributed by atoms with Crippen molar-refractivity contribution in [3.63, 3.8) is 0 Å². The monoisotopic (exact) mass is 513 g/mol. The summed E-state index contributed by atoms with van der Waals surface area (Å²) in [5, 5.41) is 0.784. The Kier molecular flexibility index (Phi) is 9.83. The Morgan fingerprint density at radius 3 is 2.74 bits per heavy atom. The van der Waals surface area contributed by atoms with E-state index in [9.17, 15) is 4.79 Å². The lowest BCUT2D eigenvalue weighted by Gasteiger charge is -2.27. The van der Waals surface area contributed by atoms with Crippen molar-refractivity contribution in [2.75, 3.05) is 56.7 Å². The Bertz CT molecular complexity index is 1080. The number of thiazole rings is 1. The highest BCUT2D eigenvalue weighted by Gasteiger charge is 2.20. The number of nitrogens with zero attached hydrogens (tertiary/aromatic N) is 3. The van der Waals surface area contributed by atoms with E-state index in [4.69, 9.17) is 14.5 Å². The molecule has 0 bridgehead atoms. The van der Waals surface area contributed by atoms with Gasteiger partial charge in [-0.1, -0.05) is 29.0 Å². The summed E-state index contributed by atoms with van der Waals surface area (Å²) in [5.74, 6) is 1.92. The Hall–Kier alpha value is -2.13. The molecule has 2 aromatic carbocycles. The molecular formula is C27H35N3O3S2. The third-order valence-corrected chi connectivity index (χ3v) is 8.12. The van der Waals surface area contributed by atoms with Crippen LogP contribution in [0.2, 0.25) is 0 Å². The minimum Gasteiger partial charge on any atom is -0.494 e. The molecule has 0 spiro atoms. The van der Waals surface area contributed by atoms with Crippen LogP contribution in [0.4, 0.5) is 5.13 Å². The first-order valence-corrected chi connectivity index (χ1v) is 14.3. The van der Waals surface area contributed by atoms with Gasteiger partial charge < -0.3 is 9.47 Å². The molecule has 1 aliphatic rings. The van der Waals surface area contributed by atoms with Crippen LogP contribution in [0.5, 0.6) is 5.75 Å². The summed E-state index contributed by atoms with van der Waals surface area (Å²) in [4.78, 5) is 23.7. The molecule has 4 rings (SSSR count). The standard InChI is InChI=1S/C27H35N3O3S2/c1-3-33-22-9-12-24-25(20-22)35-27(28-24)30(14-5-13-29-15-17-32-18-16-29)26(31)6-4-19-34-23-10-7-21(2)8-11-23/h7-12,20H,3-6,13-19H2,1-2H3. The lowest BCUT2D eigenvalue weighted by Crippen LogP contribution is -2.39. The molecule has 35 heavy (non-hydrogen) atoms. The molecule has 188 valence electrons. The summed E-state index contributed by atoms with van der Waals surface area (Å²) in [7, 11) is 0. The predicted molar refractivity (Wildman–Crippen MR) is 146 cm³/mol. The first-order chi connectivity index (χ1) is 17.1. The molecule has 1 amide bonds. The number of aromatic nitrogens is 1. The van der Waals surface area contributed by atoms with Crippen molar-refractivity contribution in [3.8, 4) is 5.75 Å². The van der Waals surface area contributed by atoms with Crippen LogP contribution in [-0.2, 0) is 9.53 Å². The number of carbonyl (C=O) groups excluding carboxylic acids is 1. The fourth-order valence-corrected chi connectivity index (χ4v) is 5.94. The molecule has 2 heterocycles. The van der Waals surface area contributed by atoms with Gasteiger partial charge in [0.25, 0.3) is 0 Å². The van der Waals surface area contributed by atoms with E-state index in [0.29, 0.717) is 19.6 Å². The molecule has 1 fully saturated rings. The molecule has 0 unspecified atom stereocenters. The quantitative estimate of drug-likeness (QED) is 0.231. The van der Waals surface area contributed by atoms with Crippen LogP contribution in [-0.4, -0.2) is 67.5 Å². The second-order valence-corrected chi connectivity index (χ2v) is 10.9. The summed E-state index contributed by atoms with van der Waals surface area (Å²) < 4.78 is 12.2. The lowest BCUT2D eigenvalue weighted by molar-refractivity contribution is -0.118. The molecule has 6 nitrogen and oxygen atoms in total. The average Bonchev–Trinajstić information content (AvgIpc) is 3.29. The Morgan fingerprint density at radius 1 is 1.17 bits per heavy atom. The first-order valence-electron chi connectivity index (χ1n) is 12.5. The number of carbonyl (C=O) groups is 1. The van der Waals surface area contributed by atoms with Crippen molar-refractivity contribution >= 4 is 44.4 Å². The van der Waals surface area contributed by atoms with E-state index in [1.54, 1.807) is 11.3 Å². The average molecular weight is 514 g/mol. The molecule has 0 aliphatic carbocycles. The highest BCUT2D eigenvalue weighted by atomic mass is 32.2. The van der Waals surface area contributed by atoms with Gasteiger partial charge in [0.2, 0.25) is 5.91 Å². The Balaban J connectivity index is 1.39. The number of morpholine rings is 1. The number of fused-ring (bicyclic) bond motifs is 1. The zero-order valence-corrected chi connectivity index (χ0v) is 22.3. The number of aryl methyl sites for hydroxylation is 1. The van der Waals surface area contributed by atoms with Crippen LogP contribution in [0.1, 0.15) is 31.7 Å². The van der Waals surface area contributed by atoms with Crippen LogP contribution >= 0.6 is 23.1 Å². The van der Waals surface area contributed by atoms with Gasteiger partial charge in [0.15, 0.2) is 5.13 Å². The predicted octanol–water partition coefficient (Wildman–Crippen LogP) is 5.63.